The number of benzene rings is 2. The Hall–Kier alpha value is -2.65. The zero-order valence-corrected chi connectivity index (χ0v) is 14.8. The van der Waals surface area contributed by atoms with Crippen molar-refractivity contribution in [3.8, 4) is 5.69 Å². The summed E-state index contributed by atoms with van der Waals surface area (Å²) < 4.78 is 52.0. The van der Waals surface area contributed by atoms with Crippen molar-refractivity contribution in [3.05, 3.63) is 67.0 Å². The van der Waals surface area contributed by atoms with Crippen molar-refractivity contribution in [2.75, 3.05) is 11.0 Å². The summed E-state index contributed by atoms with van der Waals surface area (Å²) in [6.07, 6.45) is 3.68. The van der Waals surface area contributed by atoms with Crippen molar-refractivity contribution in [2.24, 2.45) is 0 Å². The van der Waals surface area contributed by atoms with E-state index in [9.17, 15) is 16.8 Å². The van der Waals surface area contributed by atoms with Gasteiger partial charge in [-0.3, -0.25) is 4.72 Å². The molecule has 1 heterocycles. The van der Waals surface area contributed by atoms with E-state index in [1.54, 1.807) is 12.1 Å². The summed E-state index contributed by atoms with van der Waals surface area (Å²) in [7, 11) is -7.32. The Morgan fingerprint density at radius 3 is 2.32 bits per heavy atom. The van der Waals surface area contributed by atoms with Crippen LogP contribution in [0.5, 0.6) is 0 Å². The highest BCUT2D eigenvalue weighted by Gasteiger charge is 2.18. The van der Waals surface area contributed by atoms with Crippen LogP contribution >= 0.6 is 0 Å². The molecule has 25 heavy (non-hydrogen) atoms. The summed E-state index contributed by atoms with van der Waals surface area (Å²) in [5.74, 6) is 0. The van der Waals surface area contributed by atoms with Gasteiger partial charge in [-0.15, -0.1) is 0 Å². The molecule has 7 nitrogen and oxygen atoms in total. The molecule has 3 rings (SSSR count). The van der Waals surface area contributed by atoms with E-state index in [0.29, 0.717) is 0 Å². The van der Waals surface area contributed by atoms with Crippen molar-refractivity contribution in [3.63, 3.8) is 0 Å². The van der Waals surface area contributed by atoms with Gasteiger partial charge in [-0.2, -0.15) is 5.10 Å². The number of hydrogen-bond donors (Lipinski definition) is 1. The number of hydrogen-bond acceptors (Lipinski definition) is 5. The third-order valence-corrected chi connectivity index (χ3v) is 5.85. The van der Waals surface area contributed by atoms with Crippen LogP contribution in [0.15, 0.2) is 76.8 Å². The maximum Gasteiger partial charge on any atom is 0.265 e. The molecule has 1 aromatic heterocycles. The second-order valence-corrected chi connectivity index (χ2v) is 9.06. The molecule has 0 saturated heterocycles. The van der Waals surface area contributed by atoms with Crippen LogP contribution < -0.4 is 4.72 Å². The summed E-state index contributed by atoms with van der Waals surface area (Å²) in [5, 5.41) is 4.05. The van der Waals surface area contributed by atoms with E-state index >= 15 is 0 Å². The number of rotatable bonds is 5. The highest BCUT2D eigenvalue weighted by Crippen LogP contribution is 2.20. The second kappa shape index (κ2) is 6.34. The fraction of sp³-hybridized carbons (Fsp3) is 0.0625. The number of nitrogens with one attached hydrogen (secondary N) is 1. The number of sulfone groups is 1. The molecule has 9 heteroatoms. The molecule has 0 aliphatic heterocycles. The Morgan fingerprint density at radius 2 is 1.64 bits per heavy atom. The lowest BCUT2D eigenvalue weighted by atomic mass is 10.3. The number of anilines is 1. The largest absolute Gasteiger partial charge is 0.279 e. The van der Waals surface area contributed by atoms with Gasteiger partial charge in [0.1, 0.15) is 4.90 Å². The molecule has 0 bridgehead atoms. The minimum Gasteiger partial charge on any atom is -0.279 e. The molecule has 1 N–H and O–H groups in total. The van der Waals surface area contributed by atoms with Crippen molar-refractivity contribution < 1.29 is 16.8 Å². The van der Waals surface area contributed by atoms with Gasteiger partial charge in [0.05, 0.1) is 28.7 Å². The number of nitrogens with zero attached hydrogens (tertiary/aromatic N) is 2. The molecule has 130 valence electrons. The summed E-state index contributed by atoms with van der Waals surface area (Å²) in [6, 6.07) is 14.7. The van der Waals surface area contributed by atoms with Crippen molar-refractivity contribution in [1.82, 2.24) is 9.78 Å². The Kier molecular flexibility index (Phi) is 4.36. The quantitative estimate of drug-likeness (QED) is 0.734. The maximum absolute atomic E-state index is 12.5. The first-order valence-electron chi connectivity index (χ1n) is 7.19. The summed E-state index contributed by atoms with van der Waals surface area (Å²) >= 11 is 0. The molecule has 2 aromatic carbocycles. The van der Waals surface area contributed by atoms with Gasteiger partial charge in [-0.1, -0.05) is 24.3 Å². The lowest BCUT2D eigenvalue weighted by molar-refractivity contribution is 0.599. The molecule has 0 atom stereocenters. The molecule has 0 saturated carbocycles. The molecule has 0 radical (unpaired) electrons. The number of aromatic nitrogens is 2. The van der Waals surface area contributed by atoms with E-state index in [-0.39, 0.29) is 15.5 Å². The molecular formula is C16H15N3O4S2. The van der Waals surface area contributed by atoms with Crippen molar-refractivity contribution in [1.29, 1.82) is 0 Å². The molecule has 0 amide bonds. The minimum atomic E-state index is -3.89. The number of para-hydroxylation sites is 1. The van der Waals surface area contributed by atoms with Crippen LogP contribution in [0.25, 0.3) is 5.69 Å². The predicted octanol–water partition coefficient (Wildman–Crippen LogP) is 2.08. The lowest BCUT2D eigenvalue weighted by Crippen LogP contribution is -2.12. The second-order valence-electron chi connectivity index (χ2n) is 5.36. The molecule has 0 aliphatic carbocycles. The van der Waals surface area contributed by atoms with E-state index in [1.165, 1.54) is 41.3 Å². The van der Waals surface area contributed by atoms with Crippen LogP contribution in [0.1, 0.15) is 0 Å². The van der Waals surface area contributed by atoms with Crippen LogP contribution in [0.3, 0.4) is 0 Å². The Morgan fingerprint density at radius 1 is 0.920 bits per heavy atom. The first kappa shape index (κ1) is 17.2. The van der Waals surface area contributed by atoms with Crippen LogP contribution in [0.2, 0.25) is 0 Å². The van der Waals surface area contributed by atoms with Gasteiger partial charge >= 0.3 is 0 Å². The predicted molar refractivity (Wildman–Crippen MR) is 93.9 cm³/mol. The zero-order chi connectivity index (χ0) is 18.1. The van der Waals surface area contributed by atoms with Gasteiger partial charge < -0.3 is 0 Å². The van der Waals surface area contributed by atoms with Crippen LogP contribution in [-0.4, -0.2) is 32.9 Å². The summed E-state index contributed by atoms with van der Waals surface area (Å²) in [5.41, 5.74) is 0.887. The van der Waals surface area contributed by atoms with E-state index in [1.807, 2.05) is 18.2 Å². The van der Waals surface area contributed by atoms with Crippen molar-refractivity contribution >= 4 is 25.5 Å². The fourth-order valence-electron chi connectivity index (χ4n) is 2.17. The highest BCUT2D eigenvalue weighted by atomic mass is 32.2. The topological polar surface area (TPSA) is 98.1 Å². The zero-order valence-electron chi connectivity index (χ0n) is 13.2. The summed E-state index contributed by atoms with van der Waals surface area (Å²) in [6.45, 7) is 0. The van der Waals surface area contributed by atoms with Gasteiger partial charge in [0.25, 0.3) is 10.0 Å². The Bertz CT molecular complexity index is 1110. The van der Waals surface area contributed by atoms with Gasteiger partial charge in [0.15, 0.2) is 9.84 Å². The van der Waals surface area contributed by atoms with Crippen LogP contribution in [0.4, 0.5) is 5.69 Å². The smallest absolute Gasteiger partial charge is 0.265 e. The number of sulfonamides is 1. The Balaban J connectivity index is 1.90. The van der Waals surface area contributed by atoms with Crippen LogP contribution in [-0.2, 0) is 19.9 Å². The molecule has 3 aromatic rings. The third-order valence-electron chi connectivity index (χ3n) is 3.40. The van der Waals surface area contributed by atoms with Gasteiger partial charge in [0, 0.05) is 6.26 Å². The van der Waals surface area contributed by atoms with Crippen LogP contribution in [0, 0.1) is 0 Å². The standard InChI is InChI=1S/C16H15N3O4S2/c1-24(20,21)15-9-5-6-13(10-15)18-25(22,23)16-11-17-19(12-16)14-7-3-2-4-8-14/h2-12,18H,1H3. The van der Waals surface area contributed by atoms with E-state index in [2.05, 4.69) is 9.82 Å². The van der Waals surface area contributed by atoms with Crippen molar-refractivity contribution in [2.45, 2.75) is 9.79 Å². The molecule has 0 aliphatic rings. The normalized spacial score (nSPS) is 12.0. The van der Waals surface area contributed by atoms with E-state index in [0.717, 1.165) is 11.9 Å². The molecule has 0 fully saturated rings. The van der Waals surface area contributed by atoms with E-state index in [4.69, 9.17) is 0 Å². The Labute approximate surface area is 145 Å². The first-order chi connectivity index (χ1) is 11.8. The maximum atomic E-state index is 12.5. The molecular weight excluding hydrogens is 362 g/mol. The monoisotopic (exact) mass is 377 g/mol. The average molecular weight is 377 g/mol. The van der Waals surface area contributed by atoms with Gasteiger partial charge in [-0.25, -0.2) is 21.5 Å². The highest BCUT2D eigenvalue weighted by molar-refractivity contribution is 7.92. The lowest BCUT2D eigenvalue weighted by Gasteiger charge is -2.07. The molecule has 0 unspecified atom stereocenters. The SMILES string of the molecule is CS(=O)(=O)c1cccc(NS(=O)(=O)c2cnn(-c3ccccc3)c2)c1. The third kappa shape index (κ3) is 3.89. The van der Waals surface area contributed by atoms with Gasteiger partial charge in [-0.05, 0) is 30.3 Å². The molecule has 0 spiro atoms. The van der Waals surface area contributed by atoms with Gasteiger partial charge in [0.2, 0.25) is 0 Å². The summed E-state index contributed by atoms with van der Waals surface area (Å²) in [4.78, 5) is 0.00814. The average Bonchev–Trinajstić information content (AvgIpc) is 3.06. The first-order valence-corrected chi connectivity index (χ1v) is 10.6. The van der Waals surface area contributed by atoms with E-state index < -0.39 is 19.9 Å². The fourth-order valence-corrected chi connectivity index (χ4v) is 3.82. The minimum absolute atomic E-state index is 0.0267.